The molecule has 16 amide bonds. The monoisotopic (exact) mass is 2020 g/mol. The van der Waals surface area contributed by atoms with Gasteiger partial charge in [-0.2, -0.15) is 52.7 Å². The quantitative estimate of drug-likeness (QED) is 0.0382. The van der Waals surface area contributed by atoms with Crippen LogP contribution in [-0.2, 0) is 104 Å². The second-order valence-corrected chi connectivity index (χ2v) is 31.3. The van der Waals surface area contributed by atoms with Crippen LogP contribution in [0.1, 0.15) is 141 Å². The summed E-state index contributed by atoms with van der Waals surface area (Å²) in [5.41, 5.74) is 20.9. The fourth-order valence-electron chi connectivity index (χ4n) is 11.3. The highest BCUT2D eigenvalue weighted by molar-refractivity contribution is 6.40. The Labute approximate surface area is 790 Å². The summed E-state index contributed by atoms with van der Waals surface area (Å²) in [6, 6.07) is 3.51. The lowest BCUT2D eigenvalue weighted by molar-refractivity contribution is -0.405. The molecule has 1 aliphatic rings. The number of ether oxygens (including phenoxy) is 1. The van der Waals surface area contributed by atoms with Gasteiger partial charge in [-0.3, -0.25) is 87.6 Å². The van der Waals surface area contributed by atoms with Crippen molar-refractivity contribution in [1.82, 2.24) is 80.0 Å². The Morgan fingerprint density at radius 1 is 0.407 bits per heavy atom. The zero-order chi connectivity index (χ0) is 108. The Bertz CT molecular complexity index is 4580. The van der Waals surface area contributed by atoms with E-state index in [1.165, 1.54) is 71.2 Å². The van der Waals surface area contributed by atoms with Gasteiger partial charge < -0.3 is 147 Å². The molecule has 58 heteroatoms. The zero-order valence-corrected chi connectivity index (χ0v) is 77.0. The topological polar surface area (TPSA) is 766 Å². The minimum absolute atomic E-state index is 0.0134. The number of carbonyl (C=O) groups is 20. The van der Waals surface area contributed by atoms with E-state index in [9.17, 15) is 135 Å². The summed E-state index contributed by atoms with van der Waals surface area (Å²) in [6.07, 6.45) is -18.3. The normalized spacial score (nSPS) is 21.9. The van der Waals surface area contributed by atoms with Gasteiger partial charge in [-0.05, 0) is 132 Å². The first-order chi connectivity index (χ1) is 64.8. The van der Waals surface area contributed by atoms with Crippen molar-refractivity contribution < 1.29 is 202 Å². The molecule has 784 valence electrons. The molecule has 0 radical (unpaired) electrons. The number of hydrogen-bond acceptors (Lipinski definition) is 26. The minimum atomic E-state index is -5.19. The minimum Gasteiger partial charge on any atom is -0.542 e. The number of nitrogens with one attached hydrogen (secondary N) is 16. The average Bonchev–Trinajstić information content (AvgIpc) is 0.830. The lowest BCUT2D eigenvalue weighted by Crippen LogP contribution is -2.69. The summed E-state index contributed by atoms with van der Waals surface area (Å²) in [4.78, 5) is 254. The zero-order valence-electron chi connectivity index (χ0n) is 77.0. The second-order valence-electron chi connectivity index (χ2n) is 31.3. The number of hydrogen-bond donors (Lipinski definition) is 21. The average molecular weight is 2030 g/mol. The molecule has 0 saturated carbocycles. The Morgan fingerprint density at radius 2 is 0.779 bits per heavy atom. The van der Waals surface area contributed by atoms with Crippen LogP contribution >= 0.6 is 0 Å². The Morgan fingerprint density at radius 3 is 1.22 bits per heavy atom. The molecule has 1 aliphatic heterocycles. The van der Waals surface area contributed by atoms with E-state index in [1.54, 1.807) is 58.0 Å². The van der Waals surface area contributed by atoms with Crippen LogP contribution in [0.4, 0.5) is 58.4 Å². The van der Waals surface area contributed by atoms with Crippen LogP contribution in [-0.4, -0.2) is 261 Å². The summed E-state index contributed by atoms with van der Waals surface area (Å²) < 4.78 is 132. The van der Waals surface area contributed by atoms with Gasteiger partial charge in [0.1, 0.15) is 95.8 Å². The number of phenolic OH excluding ortho intramolecular Hbond substituents is 1. The third kappa shape index (κ3) is 50.1. The number of aromatic hydroxyl groups is 1. The van der Waals surface area contributed by atoms with E-state index in [-0.39, 0.29) is 87.2 Å². The number of anilines is 1. The van der Waals surface area contributed by atoms with Crippen molar-refractivity contribution in [2.45, 2.75) is 230 Å². The molecule has 3 aromatic rings. The number of halogens is 12. The largest absolute Gasteiger partial charge is 0.542 e. The number of alkyl halides is 12. The van der Waals surface area contributed by atoms with Crippen molar-refractivity contribution in [3.63, 3.8) is 0 Å². The van der Waals surface area contributed by atoms with Gasteiger partial charge in [-0.1, -0.05) is 70.2 Å². The van der Waals surface area contributed by atoms with Gasteiger partial charge >= 0.3 is 36.5 Å². The fourth-order valence-corrected chi connectivity index (χ4v) is 11.3. The highest BCUT2D eigenvalue weighted by Crippen LogP contribution is 2.24. The molecule has 46 nitrogen and oxygen atoms in total. The molecule has 0 unspecified atom stereocenters. The molecule has 0 saturated heterocycles. The number of carbonyl (C=O) groups excluding carboxylic acids is 20. The van der Waals surface area contributed by atoms with Crippen LogP contribution in [0.25, 0.3) is 0 Å². The molecule has 12 atom stereocenters. The number of fused-ring (bicyclic) bond motifs is 2. The van der Waals surface area contributed by atoms with E-state index in [2.05, 4.69) is 108 Å². The van der Waals surface area contributed by atoms with Crippen LogP contribution in [0.2, 0.25) is 0 Å². The van der Waals surface area contributed by atoms with Gasteiger partial charge in [0.15, 0.2) is 12.1 Å². The first-order valence-electron chi connectivity index (χ1n) is 42.5. The molecule has 0 spiro atoms. The van der Waals surface area contributed by atoms with Gasteiger partial charge in [-0.25, -0.2) is 0 Å². The number of amides is 16. The van der Waals surface area contributed by atoms with Gasteiger partial charge in [-0.15, -0.1) is 0 Å². The number of hydrazine groups is 1. The van der Waals surface area contributed by atoms with Gasteiger partial charge in [0, 0.05) is 44.5 Å². The number of quaternary nitrogens is 4. The number of rotatable bonds is 15. The smallest absolute Gasteiger partial charge is 0.430 e. The van der Waals surface area contributed by atoms with Crippen LogP contribution in [0.15, 0.2) is 72.8 Å². The van der Waals surface area contributed by atoms with Crippen LogP contribution in [0, 0.1) is 11.8 Å². The highest BCUT2D eigenvalue weighted by atomic mass is 19.4. The van der Waals surface area contributed by atoms with Crippen LogP contribution in [0.3, 0.4) is 0 Å². The summed E-state index contributed by atoms with van der Waals surface area (Å²) >= 11 is 0. The number of benzene rings is 3. The maximum absolute atomic E-state index is 14.3. The van der Waals surface area contributed by atoms with E-state index in [0.29, 0.717) is 49.9 Å². The molecule has 29 N–H and O–H groups in total. The van der Waals surface area contributed by atoms with E-state index in [1.807, 2.05) is 0 Å². The predicted molar refractivity (Wildman–Crippen MR) is 449 cm³/mol. The third-order valence-electron chi connectivity index (χ3n) is 19.0. The summed E-state index contributed by atoms with van der Waals surface area (Å²) in [7, 11) is 1.24. The first-order valence-corrected chi connectivity index (χ1v) is 42.5. The van der Waals surface area contributed by atoms with E-state index >= 15 is 0 Å². The van der Waals surface area contributed by atoms with Crippen molar-refractivity contribution >= 4 is 124 Å². The molecule has 0 fully saturated rings. The number of phenols is 1. The molecule has 1 heterocycles. The van der Waals surface area contributed by atoms with Crippen molar-refractivity contribution in [1.29, 1.82) is 0 Å². The molecule has 2 bridgehead atoms. The van der Waals surface area contributed by atoms with Crippen LogP contribution < -0.4 is 133 Å². The second kappa shape index (κ2) is 61.8. The van der Waals surface area contributed by atoms with Gasteiger partial charge in [0.25, 0.3) is 23.6 Å². The maximum Gasteiger partial charge on any atom is 0.430 e. The lowest BCUT2D eigenvalue weighted by atomic mass is 9.99. The summed E-state index contributed by atoms with van der Waals surface area (Å²) in [6.45, 7) is 12.4. The highest BCUT2D eigenvalue weighted by Gasteiger charge is 2.38. The number of aliphatic carboxylic acids is 4. The molecule has 0 aliphatic carbocycles. The molecular weight excluding hydrogens is 1910 g/mol. The van der Waals surface area contributed by atoms with Crippen molar-refractivity contribution in [2.24, 2.45) is 11.8 Å². The third-order valence-corrected chi connectivity index (χ3v) is 19.0. The van der Waals surface area contributed by atoms with E-state index < -0.39 is 234 Å². The van der Waals surface area contributed by atoms with Crippen molar-refractivity contribution in [2.75, 3.05) is 45.2 Å². The first kappa shape index (κ1) is 126. The predicted octanol–water partition coefficient (Wildman–Crippen LogP) is -10.0. The molecule has 3 aromatic carbocycles. The SMILES string of the molecule is COc1ccc2cc1C(=O)NNC(=O)[C@H](Cc1ccccc1)NC(=O)[C@H](CCCC[NH3+])NC(=O)[C@@H]([NH3+])CCCNC(=O)[C@H](C(C)C)NC(=O)[C@H](C(C)C)NC(=O)[C@H](C)NC(=O)CNC(=O)[C@H](C)NC(=O)[C@H](C)NC(=O)[C@H](C)NC(=O)[C@@H]([NH3+])CCCNC(=O)[C@H](CCCC[NH3+])NC(=O)[C@H](Cc1ccc(O)cc1)NC(=O)C(=O)N2.O=C([O-])C(F)(F)F.O=C([O-])C(F)(F)F.O=C([O-])C(F)(F)F.O=C([O-])C(F)(F)F. The van der Waals surface area contributed by atoms with Crippen LogP contribution in [0.5, 0.6) is 11.5 Å². The van der Waals surface area contributed by atoms with Crippen molar-refractivity contribution in [3.8, 4) is 11.5 Å². The number of methoxy groups -OCH3 is 1. The maximum atomic E-state index is 14.3. The van der Waals surface area contributed by atoms with Gasteiger partial charge in [0.05, 0.1) is 32.3 Å². The van der Waals surface area contributed by atoms with Gasteiger partial charge in [0.2, 0.25) is 59.1 Å². The molecule has 140 heavy (non-hydrogen) atoms. The van der Waals surface area contributed by atoms with E-state index in [0.717, 1.165) is 6.07 Å². The molecule has 0 aromatic heterocycles. The Balaban J connectivity index is 0.00000596. The van der Waals surface area contributed by atoms with Crippen molar-refractivity contribution in [3.05, 3.63) is 89.5 Å². The molecule has 4 rings (SSSR count). The Kier molecular flexibility index (Phi) is 55.5. The lowest BCUT2D eigenvalue weighted by Gasteiger charge is -2.28. The number of carboxylic acids is 4. The fraction of sp³-hybridized carbons (Fsp3) is 0.537. The summed E-state index contributed by atoms with van der Waals surface area (Å²) in [5, 5.41) is 81.2. The summed E-state index contributed by atoms with van der Waals surface area (Å²) in [5.74, 6) is -26.5. The number of unbranched alkanes of at least 4 members (excludes halogenated alkanes) is 2. The molecular formula is C82H116F12N20O26. The van der Waals surface area contributed by atoms with E-state index in [4.69, 9.17) is 44.3 Å². The standard InChI is InChI=1S/C74H112N20O18.4C2HF3O2/c1-39(2)58-71(108)80-34-18-22-51(78)66(103)87-53(24-14-16-32-76)68(105)89-55(35-45-19-11-10-12-20-45)70(107)94-93-64(101)49-37-47(27-30-56(49)112-9)86-73(110)74(111)90-54(36-46-25-28-48(95)29-26-46)69(106)88-52(23-13-15-31-75)67(104)79-33-17-21-50(77)65(102)85-44(8)62(99)84-43(7)61(98)83-41(5)60(97)81-38-57(96)82-42(6)63(100)91-59(40(3)4)72(109)92-58;4*3-2(4,5)1(6)7/h10-12,19-20,25-30,37,39-44,50-55,58-59,95H,13-18,21-24,31-36,38,75-78H2,1-9H3,(H,79,104)(H,80,108)(H,81,97)(H,82,96)(H,83,98)(H,84,99)(H,85,102)(H,86,110)(H,87,103)(H,88,106)(H,89,105)(H,90,111)(H,91,100)(H,92,109)(H,93,101)(H,94,107);4*(H,6,7)/t41-,42-,43-,44-,50-,51-,52-,53-,54-,55-,58-,59-;;;;/m0..../s1. The Hall–Kier alpha value is -14.3. The number of carboxylic acid groups (broad SMARTS) is 4.